The van der Waals surface area contributed by atoms with Crippen LogP contribution in [0.2, 0.25) is 0 Å². The number of imidazole rings is 1. The monoisotopic (exact) mass is 487 g/mol. The number of esters is 1. The molecule has 37 heavy (non-hydrogen) atoms. The number of anilines is 1. The lowest BCUT2D eigenvalue weighted by atomic mass is 9.99. The van der Waals surface area contributed by atoms with Crippen LogP contribution in [0.15, 0.2) is 116 Å². The van der Waals surface area contributed by atoms with Crippen LogP contribution in [-0.2, 0) is 17.8 Å². The van der Waals surface area contributed by atoms with Crippen molar-refractivity contribution in [3.05, 3.63) is 132 Å². The molecule has 0 atom stereocenters. The van der Waals surface area contributed by atoms with E-state index in [1.54, 1.807) is 0 Å². The van der Waals surface area contributed by atoms with E-state index in [4.69, 9.17) is 4.74 Å². The Bertz CT molecular complexity index is 1460. The van der Waals surface area contributed by atoms with Gasteiger partial charge in [-0.15, -0.1) is 0 Å². The summed E-state index contributed by atoms with van der Waals surface area (Å²) in [5, 5.41) is 3.50. The second-order valence-electron chi connectivity index (χ2n) is 8.78. The summed E-state index contributed by atoms with van der Waals surface area (Å²) in [4.78, 5) is 16.9. The zero-order valence-corrected chi connectivity index (χ0v) is 20.8. The highest BCUT2D eigenvalue weighted by molar-refractivity contribution is 5.98. The molecule has 0 bridgehead atoms. The van der Waals surface area contributed by atoms with Crippen molar-refractivity contribution in [3.63, 3.8) is 0 Å². The number of carbonyl (C=O) groups excluding carboxylic acids is 1. The molecule has 0 radical (unpaired) electrons. The molecule has 5 heteroatoms. The quantitative estimate of drug-likeness (QED) is 0.226. The summed E-state index contributed by atoms with van der Waals surface area (Å²) in [5.41, 5.74) is 8.00. The van der Waals surface area contributed by atoms with Gasteiger partial charge in [0.15, 0.2) is 0 Å². The van der Waals surface area contributed by atoms with E-state index in [2.05, 4.69) is 63.4 Å². The van der Waals surface area contributed by atoms with E-state index >= 15 is 0 Å². The average Bonchev–Trinajstić information content (AvgIpc) is 3.40. The zero-order valence-electron chi connectivity index (χ0n) is 20.8. The maximum absolute atomic E-state index is 12.6. The molecule has 1 N–H and O–H groups in total. The van der Waals surface area contributed by atoms with E-state index in [-0.39, 0.29) is 5.97 Å². The van der Waals surface area contributed by atoms with E-state index in [0.717, 1.165) is 29.1 Å². The number of nitrogens with one attached hydrogen (secondary N) is 1. The number of carbonyl (C=O) groups is 1. The second-order valence-corrected chi connectivity index (χ2v) is 8.78. The van der Waals surface area contributed by atoms with Gasteiger partial charge in [0.05, 0.1) is 30.7 Å². The third-order valence-corrected chi connectivity index (χ3v) is 6.29. The van der Waals surface area contributed by atoms with Gasteiger partial charge >= 0.3 is 5.97 Å². The summed E-state index contributed by atoms with van der Waals surface area (Å²) in [6.45, 7) is 3.50. The lowest BCUT2D eigenvalue weighted by molar-refractivity contribution is 0.0527. The number of ether oxygens (including phenoxy) is 1. The maximum Gasteiger partial charge on any atom is 0.338 e. The molecular formula is C32H29N3O2. The van der Waals surface area contributed by atoms with E-state index in [1.165, 1.54) is 16.7 Å². The predicted molar refractivity (Wildman–Crippen MR) is 148 cm³/mol. The van der Waals surface area contributed by atoms with Crippen LogP contribution in [0.4, 0.5) is 5.69 Å². The fraction of sp³-hybridized carbons (Fsp3) is 0.125. The van der Waals surface area contributed by atoms with Crippen molar-refractivity contribution < 1.29 is 9.53 Å². The normalized spacial score (nSPS) is 10.7. The first-order valence-electron chi connectivity index (χ1n) is 12.4. The van der Waals surface area contributed by atoms with E-state index in [0.29, 0.717) is 18.7 Å². The van der Waals surface area contributed by atoms with E-state index in [9.17, 15) is 4.79 Å². The number of benzene rings is 4. The van der Waals surface area contributed by atoms with Crippen molar-refractivity contribution in [1.29, 1.82) is 0 Å². The van der Waals surface area contributed by atoms with Crippen LogP contribution >= 0.6 is 0 Å². The molecule has 0 spiro atoms. The highest BCUT2D eigenvalue weighted by Crippen LogP contribution is 2.28. The number of aromatic nitrogens is 2. The summed E-state index contributed by atoms with van der Waals surface area (Å²) in [6.07, 6.45) is 3.75. The van der Waals surface area contributed by atoms with Gasteiger partial charge in [-0.3, -0.25) is 0 Å². The molecule has 1 aromatic heterocycles. The van der Waals surface area contributed by atoms with Gasteiger partial charge in [-0.05, 0) is 52.9 Å². The Kier molecular flexibility index (Phi) is 7.42. The first kappa shape index (κ1) is 24.1. The molecule has 5 aromatic rings. The standard InChI is InChI=1S/C32H29N3O2/c1-2-37-32(36)30-18-17-28(19-31(30)27-11-7-4-8-12-27)34-21-29-20-33-23-35(29)22-24-13-15-26(16-14-24)25-9-5-3-6-10-25/h3-20,23,34H,2,21-22H2,1H3. The van der Waals surface area contributed by atoms with Gasteiger partial charge in [-0.2, -0.15) is 0 Å². The minimum atomic E-state index is -0.315. The van der Waals surface area contributed by atoms with Crippen LogP contribution in [0.25, 0.3) is 22.3 Å². The Hall–Kier alpha value is -4.64. The second kappa shape index (κ2) is 11.4. The molecule has 0 saturated carbocycles. The minimum Gasteiger partial charge on any atom is -0.462 e. The Morgan fingerprint density at radius 3 is 2.22 bits per heavy atom. The molecule has 0 saturated heterocycles. The predicted octanol–water partition coefficient (Wildman–Crippen LogP) is 7.05. The van der Waals surface area contributed by atoms with Crippen LogP contribution in [-0.4, -0.2) is 22.1 Å². The number of hydrogen-bond donors (Lipinski definition) is 1. The summed E-state index contributed by atoms with van der Waals surface area (Å²) >= 11 is 0. The Balaban J connectivity index is 1.30. The third kappa shape index (κ3) is 5.78. The molecule has 0 fully saturated rings. The van der Waals surface area contributed by atoms with Gasteiger partial charge < -0.3 is 14.6 Å². The van der Waals surface area contributed by atoms with Gasteiger partial charge in [0.1, 0.15) is 0 Å². The van der Waals surface area contributed by atoms with Crippen molar-refractivity contribution >= 4 is 11.7 Å². The molecule has 0 aliphatic heterocycles. The fourth-order valence-corrected chi connectivity index (χ4v) is 4.36. The summed E-state index contributed by atoms with van der Waals surface area (Å²) in [6, 6.07) is 34.7. The SMILES string of the molecule is CCOC(=O)c1ccc(NCc2cncn2Cc2ccc(-c3ccccc3)cc2)cc1-c1ccccc1. The average molecular weight is 488 g/mol. The van der Waals surface area contributed by atoms with Gasteiger partial charge in [0.2, 0.25) is 0 Å². The Labute approximate surface area is 217 Å². The molecule has 4 aromatic carbocycles. The molecule has 0 unspecified atom stereocenters. The lowest BCUT2D eigenvalue weighted by Crippen LogP contribution is -2.09. The van der Waals surface area contributed by atoms with Crippen molar-refractivity contribution in [3.8, 4) is 22.3 Å². The topological polar surface area (TPSA) is 56.1 Å². The highest BCUT2D eigenvalue weighted by Gasteiger charge is 2.15. The van der Waals surface area contributed by atoms with Crippen molar-refractivity contribution in [2.45, 2.75) is 20.0 Å². The molecule has 184 valence electrons. The summed E-state index contributed by atoms with van der Waals surface area (Å²) in [7, 11) is 0. The number of hydrogen-bond acceptors (Lipinski definition) is 4. The molecule has 5 nitrogen and oxygen atoms in total. The number of nitrogens with zero attached hydrogens (tertiary/aromatic N) is 2. The number of rotatable bonds is 9. The van der Waals surface area contributed by atoms with Crippen molar-refractivity contribution in [2.75, 3.05) is 11.9 Å². The highest BCUT2D eigenvalue weighted by atomic mass is 16.5. The van der Waals surface area contributed by atoms with Crippen LogP contribution in [0, 0.1) is 0 Å². The molecule has 1 heterocycles. The van der Waals surface area contributed by atoms with Gasteiger partial charge in [-0.25, -0.2) is 9.78 Å². The summed E-state index contributed by atoms with van der Waals surface area (Å²) < 4.78 is 7.43. The zero-order chi connectivity index (χ0) is 25.5. The first-order chi connectivity index (χ1) is 18.2. The molecule has 0 amide bonds. The smallest absolute Gasteiger partial charge is 0.338 e. The Morgan fingerprint density at radius 2 is 1.51 bits per heavy atom. The van der Waals surface area contributed by atoms with E-state index in [1.807, 2.05) is 74.0 Å². The fourth-order valence-electron chi connectivity index (χ4n) is 4.36. The molecule has 0 aliphatic carbocycles. The van der Waals surface area contributed by atoms with Gasteiger partial charge in [-0.1, -0.05) is 84.9 Å². The largest absolute Gasteiger partial charge is 0.462 e. The van der Waals surface area contributed by atoms with E-state index < -0.39 is 0 Å². The van der Waals surface area contributed by atoms with Crippen LogP contribution < -0.4 is 5.32 Å². The van der Waals surface area contributed by atoms with Crippen LogP contribution in [0.3, 0.4) is 0 Å². The van der Waals surface area contributed by atoms with Gasteiger partial charge in [0, 0.05) is 18.4 Å². The molecule has 5 rings (SSSR count). The summed E-state index contributed by atoms with van der Waals surface area (Å²) in [5.74, 6) is -0.315. The van der Waals surface area contributed by atoms with Crippen LogP contribution in [0.5, 0.6) is 0 Å². The van der Waals surface area contributed by atoms with Crippen molar-refractivity contribution in [2.24, 2.45) is 0 Å². The molecular weight excluding hydrogens is 458 g/mol. The van der Waals surface area contributed by atoms with Gasteiger partial charge in [0.25, 0.3) is 0 Å². The lowest BCUT2D eigenvalue weighted by Gasteiger charge is -2.14. The maximum atomic E-state index is 12.6. The van der Waals surface area contributed by atoms with Crippen LogP contribution in [0.1, 0.15) is 28.5 Å². The van der Waals surface area contributed by atoms with Crippen molar-refractivity contribution in [1.82, 2.24) is 9.55 Å². The minimum absolute atomic E-state index is 0.315. The Morgan fingerprint density at radius 1 is 0.838 bits per heavy atom. The molecule has 0 aliphatic rings. The third-order valence-electron chi connectivity index (χ3n) is 6.29. The first-order valence-corrected chi connectivity index (χ1v) is 12.4.